The maximum absolute atomic E-state index is 13.4. The van der Waals surface area contributed by atoms with Gasteiger partial charge in [0, 0.05) is 44.7 Å². The molecule has 0 aliphatic heterocycles. The molecule has 3 unspecified atom stereocenters. The lowest BCUT2D eigenvalue weighted by molar-refractivity contribution is -0.119. The molecule has 0 heterocycles. The van der Waals surface area contributed by atoms with Crippen LogP contribution >= 0.6 is 0 Å². The van der Waals surface area contributed by atoms with Gasteiger partial charge in [-0.05, 0) is 74.5 Å². The third-order valence-electron chi connectivity index (χ3n) is 10.6. The number of allylic oxidation sites excluding steroid dienone is 2. The molecular formula is C46H83N5O4. The lowest BCUT2D eigenvalue weighted by Crippen LogP contribution is -2.57. The van der Waals surface area contributed by atoms with Gasteiger partial charge in [-0.15, -0.1) is 12.3 Å². The van der Waals surface area contributed by atoms with Gasteiger partial charge in [-0.1, -0.05) is 120 Å². The topological polar surface area (TPSA) is 112 Å². The van der Waals surface area contributed by atoms with Crippen LogP contribution in [0.15, 0.2) is 36.7 Å². The van der Waals surface area contributed by atoms with Gasteiger partial charge in [-0.25, -0.2) is 9.59 Å². The fraction of sp³-hybridized carbons (Fsp3) is 0.761. The number of carbonyl (C=O) groups is 3. The summed E-state index contributed by atoms with van der Waals surface area (Å²) in [4.78, 5) is 39.2. The zero-order valence-electron chi connectivity index (χ0n) is 37.2. The van der Waals surface area contributed by atoms with Gasteiger partial charge in [0.15, 0.2) is 5.78 Å². The monoisotopic (exact) mass is 770 g/mol. The number of ether oxygens (including phenoxy) is 1. The number of carbonyl (C=O) groups excluding carboxylic acids is 3. The van der Waals surface area contributed by atoms with E-state index >= 15 is 0 Å². The fourth-order valence-electron chi connectivity index (χ4n) is 6.89. The van der Waals surface area contributed by atoms with Crippen LogP contribution in [0.4, 0.5) is 9.59 Å². The molecule has 4 N–H and O–H groups in total. The van der Waals surface area contributed by atoms with Crippen molar-refractivity contribution >= 4 is 17.9 Å². The summed E-state index contributed by atoms with van der Waals surface area (Å²) in [6.07, 6.45) is 18.7. The van der Waals surface area contributed by atoms with E-state index in [-0.39, 0.29) is 47.3 Å². The van der Waals surface area contributed by atoms with E-state index in [0.29, 0.717) is 24.6 Å². The smallest absolute Gasteiger partial charge is 0.407 e. The lowest BCUT2D eigenvalue weighted by Gasteiger charge is -2.44. The predicted octanol–water partition coefficient (Wildman–Crippen LogP) is 10.1. The number of rotatable bonds is 21. The number of hydrogen-bond donors (Lipinski definition) is 4. The van der Waals surface area contributed by atoms with Crippen LogP contribution in [0.1, 0.15) is 153 Å². The molecule has 55 heavy (non-hydrogen) atoms. The molecule has 0 spiro atoms. The molecule has 2 fully saturated rings. The molecule has 2 rings (SSSR count). The van der Waals surface area contributed by atoms with Crippen molar-refractivity contribution in [3.05, 3.63) is 36.7 Å². The van der Waals surface area contributed by atoms with Gasteiger partial charge in [0.25, 0.3) is 0 Å². The first-order valence-corrected chi connectivity index (χ1v) is 21.3. The van der Waals surface area contributed by atoms with E-state index in [9.17, 15) is 14.4 Å². The van der Waals surface area contributed by atoms with Gasteiger partial charge in [0.05, 0.1) is 17.8 Å². The summed E-state index contributed by atoms with van der Waals surface area (Å²) in [7, 11) is 2.12. The summed E-state index contributed by atoms with van der Waals surface area (Å²) in [6, 6.07) is -0.736. The highest BCUT2D eigenvalue weighted by Crippen LogP contribution is 2.45. The summed E-state index contributed by atoms with van der Waals surface area (Å²) in [5.74, 6) is 3.97. The highest BCUT2D eigenvalue weighted by molar-refractivity contribution is 5.95. The molecular weight excluding hydrogens is 687 g/mol. The van der Waals surface area contributed by atoms with Crippen LogP contribution in [0.5, 0.6) is 0 Å². The largest absolute Gasteiger partial charge is 0.447 e. The Hall–Kier alpha value is -3.41. The SMILES string of the molecule is C#CCCC(C)C(=O)C(=C)NCCC.C=C(CCC)C[C@H]1C[C@H]1CN(C)C(=C)C(NC(=O)NC(COC(=O)NCC)C(C)(C)C)C1(C)CCCCC1.CCC. The van der Waals surface area contributed by atoms with Gasteiger partial charge < -0.3 is 30.9 Å². The van der Waals surface area contributed by atoms with Crippen LogP contribution in [-0.4, -0.2) is 68.2 Å². The van der Waals surface area contributed by atoms with Crippen molar-refractivity contribution in [2.45, 2.75) is 165 Å². The first-order valence-electron chi connectivity index (χ1n) is 21.3. The molecule has 0 aromatic rings. The average Bonchev–Trinajstić information content (AvgIpc) is 3.86. The second-order valence-electron chi connectivity index (χ2n) is 17.3. The van der Waals surface area contributed by atoms with Gasteiger partial charge in [0.2, 0.25) is 0 Å². The summed E-state index contributed by atoms with van der Waals surface area (Å²) in [6.45, 7) is 35.5. The number of Topliss-reactive ketones (excluding diaryl/α,β-unsaturated/α-hetero) is 1. The van der Waals surface area contributed by atoms with E-state index in [0.717, 1.165) is 69.7 Å². The summed E-state index contributed by atoms with van der Waals surface area (Å²) >= 11 is 0. The fourth-order valence-corrected chi connectivity index (χ4v) is 6.89. The van der Waals surface area contributed by atoms with E-state index in [4.69, 9.17) is 11.2 Å². The zero-order valence-corrected chi connectivity index (χ0v) is 37.2. The minimum absolute atomic E-state index is 0.0251. The first kappa shape index (κ1) is 51.6. The van der Waals surface area contributed by atoms with Crippen molar-refractivity contribution in [1.29, 1.82) is 0 Å². The average molecular weight is 770 g/mol. The predicted molar refractivity (Wildman–Crippen MR) is 233 cm³/mol. The van der Waals surface area contributed by atoms with E-state index in [1.807, 2.05) is 41.5 Å². The quantitative estimate of drug-likeness (QED) is 0.0526. The molecule has 2 saturated carbocycles. The lowest BCUT2D eigenvalue weighted by atomic mass is 9.69. The normalized spacial score (nSPS) is 18.4. The molecule has 0 radical (unpaired) electrons. The first-order chi connectivity index (χ1) is 25.8. The molecule has 9 nitrogen and oxygen atoms in total. The second kappa shape index (κ2) is 27.2. The standard InChI is InChI=1S/C31H56N4O3.C12H19NO.C3H8/c1-10-15-22(3)18-24-19-25(24)20-35(9)23(4)27(31(8)16-13-12-14-17-31)34-28(36)33-26(30(5,6)7)21-38-29(37)32-11-2;1-5-7-8-10(3)12(14)11(4)13-9-6-2;1-3-2/h24-27H,3-4,10-21H2,1-2,5-9H3,(H,32,37)(H2,33,34,36);1,10,13H,4,6-9H2,2-3H3;3H2,1-2H3/t24-,25-,26?,27?;;/m0../s1. The number of urea groups is 1. The van der Waals surface area contributed by atoms with Crippen molar-refractivity contribution < 1.29 is 19.1 Å². The minimum atomic E-state index is -0.469. The maximum Gasteiger partial charge on any atom is 0.407 e. The van der Waals surface area contributed by atoms with Crippen LogP contribution in [0.3, 0.4) is 0 Å². The number of alkyl carbamates (subject to hydrolysis) is 1. The minimum Gasteiger partial charge on any atom is -0.447 e. The van der Waals surface area contributed by atoms with Crippen molar-refractivity contribution in [3.8, 4) is 12.3 Å². The summed E-state index contributed by atoms with van der Waals surface area (Å²) < 4.78 is 5.38. The van der Waals surface area contributed by atoms with Crippen molar-refractivity contribution in [1.82, 2.24) is 26.2 Å². The van der Waals surface area contributed by atoms with Crippen molar-refractivity contribution in [2.24, 2.45) is 28.6 Å². The number of nitrogens with one attached hydrogen (secondary N) is 4. The van der Waals surface area contributed by atoms with E-state index in [1.165, 1.54) is 37.7 Å². The second-order valence-corrected chi connectivity index (χ2v) is 17.3. The van der Waals surface area contributed by atoms with Gasteiger partial charge >= 0.3 is 12.1 Å². The Morgan fingerprint density at radius 3 is 2.11 bits per heavy atom. The summed E-state index contributed by atoms with van der Waals surface area (Å²) in [5.41, 5.74) is 2.53. The van der Waals surface area contributed by atoms with Crippen LogP contribution < -0.4 is 21.3 Å². The number of hydrogen-bond acceptors (Lipinski definition) is 6. The maximum atomic E-state index is 13.4. The van der Waals surface area contributed by atoms with E-state index in [1.54, 1.807) is 0 Å². The molecule has 316 valence electrons. The molecule has 0 aromatic heterocycles. The van der Waals surface area contributed by atoms with Gasteiger partial charge in [-0.2, -0.15) is 0 Å². The van der Waals surface area contributed by atoms with Crippen molar-refractivity contribution in [2.75, 3.05) is 33.3 Å². The third-order valence-corrected chi connectivity index (χ3v) is 10.6. The highest BCUT2D eigenvalue weighted by Gasteiger charge is 2.42. The Labute approximate surface area is 338 Å². The Morgan fingerprint density at radius 1 is 0.964 bits per heavy atom. The highest BCUT2D eigenvalue weighted by atomic mass is 16.5. The zero-order chi connectivity index (χ0) is 42.2. The molecule has 2 aliphatic carbocycles. The van der Waals surface area contributed by atoms with Crippen LogP contribution in [0.25, 0.3) is 0 Å². The van der Waals surface area contributed by atoms with Gasteiger partial charge in [-0.3, -0.25) is 4.79 Å². The molecule has 0 saturated heterocycles. The Bertz CT molecular complexity index is 1230. The number of nitrogens with zero attached hydrogens (tertiary/aromatic N) is 1. The van der Waals surface area contributed by atoms with E-state index in [2.05, 4.69) is 86.6 Å². The molecule has 5 atom stereocenters. The van der Waals surface area contributed by atoms with Crippen LogP contribution in [-0.2, 0) is 9.53 Å². The van der Waals surface area contributed by atoms with Crippen LogP contribution in [0.2, 0.25) is 0 Å². The Morgan fingerprint density at radius 2 is 1.58 bits per heavy atom. The molecule has 9 heteroatoms. The Balaban J connectivity index is 0.00000143. The molecule has 0 bridgehead atoms. The summed E-state index contributed by atoms with van der Waals surface area (Å²) in [5, 5.41) is 12.1. The van der Waals surface area contributed by atoms with Crippen LogP contribution in [0, 0.1) is 40.9 Å². The third kappa shape index (κ3) is 20.9. The molecule has 2 aliphatic rings. The number of amides is 3. The molecule has 3 amide bonds. The molecule has 0 aromatic carbocycles. The number of ketones is 1. The number of terminal acetylenes is 1. The van der Waals surface area contributed by atoms with Crippen molar-refractivity contribution in [3.63, 3.8) is 0 Å². The van der Waals surface area contributed by atoms with E-state index < -0.39 is 6.09 Å². The van der Waals surface area contributed by atoms with Gasteiger partial charge in [0.1, 0.15) is 6.61 Å². The Kier molecular flexibility index (Phi) is 25.5. The number of likely N-dealkylation sites (N-methyl/N-ethyl adjacent to an activating group) is 1.